The first-order valence-electron chi connectivity index (χ1n) is 2.77. The second kappa shape index (κ2) is 2.76. The summed E-state index contributed by atoms with van der Waals surface area (Å²) in [7, 11) is 0.212. The third-order valence-electron chi connectivity index (χ3n) is 0.915. The fourth-order valence-corrected chi connectivity index (χ4v) is 0.568. The first-order chi connectivity index (χ1) is 4.68. The molecule has 0 radical (unpaired) electrons. The van der Waals surface area contributed by atoms with Crippen molar-refractivity contribution in [3.63, 3.8) is 0 Å². The van der Waals surface area contributed by atoms with E-state index in [1.165, 1.54) is 4.80 Å². The lowest BCUT2D eigenvalue weighted by atomic mass is 9.86. The van der Waals surface area contributed by atoms with Crippen LogP contribution in [0.4, 0.5) is 0 Å². The van der Waals surface area contributed by atoms with Gasteiger partial charge >= 0.3 is 7.12 Å². The second-order valence-corrected chi connectivity index (χ2v) is 1.88. The Morgan fingerprint density at radius 1 is 1.60 bits per heavy atom. The fraction of sp³-hybridized carbons (Fsp3) is 0.667. The molecule has 0 aromatic carbocycles. The SMILES string of the molecule is Cn1nnc(CB(O)O)n1. The lowest BCUT2D eigenvalue weighted by Crippen LogP contribution is -2.16. The molecule has 1 heterocycles. The standard InChI is InChI=1S/C3H7BN4O2/c1-8-6-3(5-7-8)2-4(9)10/h9-10H,2H2,1H3. The lowest BCUT2D eigenvalue weighted by molar-refractivity contribution is 0.403. The quantitative estimate of drug-likeness (QED) is 0.456. The highest BCUT2D eigenvalue weighted by molar-refractivity contribution is 6.40. The van der Waals surface area contributed by atoms with Crippen LogP contribution in [-0.2, 0) is 13.4 Å². The molecule has 1 rings (SSSR count). The number of tetrazole rings is 1. The molecule has 0 aliphatic carbocycles. The van der Waals surface area contributed by atoms with Crippen molar-refractivity contribution in [3.8, 4) is 0 Å². The van der Waals surface area contributed by atoms with Crippen LogP contribution < -0.4 is 0 Å². The minimum Gasteiger partial charge on any atom is -0.427 e. The second-order valence-electron chi connectivity index (χ2n) is 1.88. The molecule has 2 N–H and O–H groups in total. The van der Waals surface area contributed by atoms with Crippen LogP contribution in [0, 0.1) is 0 Å². The summed E-state index contributed by atoms with van der Waals surface area (Å²) in [6, 6.07) is 0. The van der Waals surface area contributed by atoms with Crippen LogP contribution in [0.25, 0.3) is 0 Å². The maximum absolute atomic E-state index is 8.45. The minimum absolute atomic E-state index is 0.0217. The molecule has 0 bridgehead atoms. The number of rotatable bonds is 2. The summed E-state index contributed by atoms with van der Waals surface area (Å²) in [4.78, 5) is 1.26. The van der Waals surface area contributed by atoms with Crippen LogP contribution >= 0.6 is 0 Å². The molecule has 0 atom stereocenters. The van der Waals surface area contributed by atoms with Crippen molar-refractivity contribution >= 4 is 7.12 Å². The zero-order chi connectivity index (χ0) is 7.56. The summed E-state index contributed by atoms with van der Waals surface area (Å²) >= 11 is 0. The molecule has 0 aliphatic rings. The highest BCUT2D eigenvalue weighted by Gasteiger charge is 2.11. The van der Waals surface area contributed by atoms with Gasteiger partial charge in [0.05, 0.1) is 7.05 Å². The van der Waals surface area contributed by atoms with E-state index in [0.717, 1.165) is 0 Å². The van der Waals surface area contributed by atoms with E-state index in [0.29, 0.717) is 5.82 Å². The highest BCUT2D eigenvalue weighted by atomic mass is 16.4. The van der Waals surface area contributed by atoms with Gasteiger partial charge in [0.25, 0.3) is 0 Å². The van der Waals surface area contributed by atoms with Gasteiger partial charge in [0.1, 0.15) is 0 Å². The molecule has 10 heavy (non-hydrogen) atoms. The minimum atomic E-state index is -1.40. The fourth-order valence-electron chi connectivity index (χ4n) is 0.568. The van der Waals surface area contributed by atoms with Gasteiger partial charge < -0.3 is 10.0 Å². The maximum atomic E-state index is 8.45. The van der Waals surface area contributed by atoms with Gasteiger partial charge in [0, 0.05) is 6.32 Å². The van der Waals surface area contributed by atoms with Crippen molar-refractivity contribution in [1.29, 1.82) is 0 Å². The molecule has 1 aromatic heterocycles. The zero-order valence-electron chi connectivity index (χ0n) is 5.47. The summed E-state index contributed by atoms with van der Waals surface area (Å²) in [5, 5.41) is 27.7. The lowest BCUT2D eigenvalue weighted by Gasteiger charge is -1.88. The maximum Gasteiger partial charge on any atom is 0.459 e. The van der Waals surface area contributed by atoms with Gasteiger partial charge in [-0.2, -0.15) is 4.80 Å². The van der Waals surface area contributed by atoms with Crippen molar-refractivity contribution in [2.75, 3.05) is 0 Å². The van der Waals surface area contributed by atoms with Gasteiger partial charge in [-0.25, -0.2) is 0 Å². The predicted octanol–water partition coefficient (Wildman–Crippen LogP) is -2.24. The van der Waals surface area contributed by atoms with Crippen LogP contribution in [0.3, 0.4) is 0 Å². The molecule has 0 amide bonds. The predicted molar refractivity (Wildman–Crippen MR) is 32.7 cm³/mol. The number of aromatic nitrogens is 4. The molecular formula is C3H7BN4O2. The highest BCUT2D eigenvalue weighted by Crippen LogP contribution is 1.86. The topological polar surface area (TPSA) is 84.1 Å². The van der Waals surface area contributed by atoms with Crippen LogP contribution in [0.2, 0.25) is 0 Å². The summed E-state index contributed by atoms with van der Waals surface area (Å²) in [6.07, 6.45) is 0.0217. The molecule has 0 saturated heterocycles. The Bertz CT molecular complexity index is 212. The van der Waals surface area contributed by atoms with Crippen LogP contribution in [0.15, 0.2) is 0 Å². The average molecular weight is 142 g/mol. The normalized spacial score (nSPS) is 9.90. The first-order valence-corrected chi connectivity index (χ1v) is 2.77. The van der Waals surface area contributed by atoms with Gasteiger partial charge in [-0.1, -0.05) is 0 Å². The van der Waals surface area contributed by atoms with Gasteiger partial charge in [0.2, 0.25) is 0 Å². The zero-order valence-corrected chi connectivity index (χ0v) is 5.47. The Hall–Kier alpha value is -0.945. The molecular weight excluding hydrogens is 135 g/mol. The van der Waals surface area contributed by atoms with Crippen molar-refractivity contribution in [3.05, 3.63) is 5.82 Å². The molecule has 0 unspecified atom stereocenters. The number of hydrogen-bond acceptors (Lipinski definition) is 5. The third-order valence-corrected chi connectivity index (χ3v) is 0.915. The Balaban J connectivity index is 2.58. The van der Waals surface area contributed by atoms with Gasteiger partial charge in [-0.3, -0.25) is 0 Å². The largest absolute Gasteiger partial charge is 0.459 e. The number of aryl methyl sites for hydroxylation is 1. The number of nitrogens with zero attached hydrogens (tertiary/aromatic N) is 4. The smallest absolute Gasteiger partial charge is 0.427 e. The van der Waals surface area contributed by atoms with Crippen LogP contribution in [0.1, 0.15) is 5.82 Å². The van der Waals surface area contributed by atoms with E-state index in [4.69, 9.17) is 10.0 Å². The van der Waals surface area contributed by atoms with Gasteiger partial charge in [0.15, 0.2) is 5.82 Å². The molecule has 54 valence electrons. The summed E-state index contributed by atoms with van der Waals surface area (Å²) in [5.74, 6) is 0.331. The molecule has 0 spiro atoms. The molecule has 7 heteroatoms. The van der Waals surface area contributed by atoms with Gasteiger partial charge in [-0.15, -0.1) is 10.2 Å². The van der Waals surface area contributed by atoms with E-state index in [9.17, 15) is 0 Å². The van der Waals surface area contributed by atoms with E-state index in [-0.39, 0.29) is 6.32 Å². The van der Waals surface area contributed by atoms with E-state index < -0.39 is 7.12 Å². The summed E-state index contributed by atoms with van der Waals surface area (Å²) in [6.45, 7) is 0. The Morgan fingerprint density at radius 2 is 2.30 bits per heavy atom. The van der Waals surface area contributed by atoms with Crippen molar-refractivity contribution in [2.45, 2.75) is 6.32 Å². The average Bonchev–Trinajstić information content (AvgIpc) is 2.13. The Morgan fingerprint density at radius 3 is 2.70 bits per heavy atom. The third kappa shape index (κ3) is 1.78. The Labute approximate surface area is 57.6 Å². The van der Waals surface area contributed by atoms with Crippen molar-refractivity contribution in [2.24, 2.45) is 7.05 Å². The van der Waals surface area contributed by atoms with Crippen LogP contribution in [-0.4, -0.2) is 37.4 Å². The first kappa shape index (κ1) is 7.17. The molecule has 1 aromatic rings. The van der Waals surface area contributed by atoms with Crippen molar-refractivity contribution < 1.29 is 10.0 Å². The summed E-state index contributed by atoms with van der Waals surface area (Å²) < 4.78 is 0. The van der Waals surface area contributed by atoms with E-state index in [2.05, 4.69) is 15.4 Å². The summed E-state index contributed by atoms with van der Waals surface area (Å²) in [5.41, 5.74) is 0. The van der Waals surface area contributed by atoms with Crippen molar-refractivity contribution in [1.82, 2.24) is 20.2 Å². The van der Waals surface area contributed by atoms with E-state index in [1.54, 1.807) is 7.05 Å². The molecule has 6 nitrogen and oxygen atoms in total. The molecule has 0 fully saturated rings. The monoisotopic (exact) mass is 142 g/mol. The van der Waals surface area contributed by atoms with Crippen LogP contribution in [0.5, 0.6) is 0 Å². The Kier molecular flexibility index (Phi) is 1.98. The molecule has 0 aliphatic heterocycles. The molecule has 0 saturated carbocycles. The van der Waals surface area contributed by atoms with E-state index in [1.807, 2.05) is 0 Å². The number of hydrogen-bond donors (Lipinski definition) is 2. The van der Waals surface area contributed by atoms with Gasteiger partial charge in [-0.05, 0) is 5.21 Å². The van der Waals surface area contributed by atoms with E-state index >= 15 is 0 Å².